The monoisotopic (exact) mass is 427 g/mol. The Bertz CT molecular complexity index is 991. The van der Waals surface area contributed by atoms with Gasteiger partial charge in [-0.1, -0.05) is 0 Å². The first kappa shape index (κ1) is 20.0. The highest BCUT2D eigenvalue weighted by Gasteiger charge is 2.49. The van der Waals surface area contributed by atoms with E-state index in [0.29, 0.717) is 0 Å². The average Bonchev–Trinajstić information content (AvgIpc) is 3.07. The zero-order chi connectivity index (χ0) is 20.0. The lowest BCUT2D eigenvalue weighted by Gasteiger charge is -2.22. The number of hydrogen-bond acceptors (Lipinski definition) is 11. The van der Waals surface area contributed by atoms with Gasteiger partial charge in [-0.3, -0.25) is 13.6 Å². The topological polar surface area (TPSA) is 229 Å². The minimum Gasteiger partial charge on any atom is -0.387 e. The van der Waals surface area contributed by atoms with Gasteiger partial charge >= 0.3 is 18.2 Å². The van der Waals surface area contributed by atoms with Crippen molar-refractivity contribution >= 4 is 35.2 Å². The molecule has 150 valence electrons. The first-order valence-electron chi connectivity index (χ1n) is 7.08. The first-order valence-corrected chi connectivity index (χ1v) is 9.98. The maximum atomic E-state index is 11.3. The van der Waals surface area contributed by atoms with E-state index >= 15 is 0 Å². The van der Waals surface area contributed by atoms with Crippen molar-refractivity contribution in [1.82, 2.24) is 19.5 Å². The zero-order valence-corrected chi connectivity index (χ0v) is 14.8. The molecule has 17 heteroatoms. The van der Waals surface area contributed by atoms with Crippen molar-refractivity contribution in [2.24, 2.45) is 0 Å². The molecule has 0 unspecified atom stereocenters. The molecule has 0 spiro atoms. The van der Waals surface area contributed by atoms with Crippen molar-refractivity contribution in [3.8, 4) is 0 Å². The third-order valence-electron chi connectivity index (χ3n) is 3.61. The van der Waals surface area contributed by atoms with Gasteiger partial charge in [-0.05, 0) is 0 Å². The molecule has 1 fully saturated rings. The minimum atomic E-state index is -5.08. The number of phosphoric acid groups is 1. The number of hydrogen-bond donors (Lipinski definition) is 5. The van der Waals surface area contributed by atoms with Crippen molar-refractivity contribution in [1.29, 1.82) is 0 Å². The molecule has 3 rings (SSSR count). The van der Waals surface area contributed by atoms with Crippen LogP contribution in [0, 0.1) is 0 Å². The Kier molecular flexibility index (Phi) is 5.19. The van der Waals surface area contributed by atoms with E-state index in [0.717, 1.165) is 12.7 Å². The summed E-state index contributed by atoms with van der Waals surface area (Å²) in [5.41, 5.74) is 5.93. The second-order valence-electron chi connectivity index (χ2n) is 5.41. The predicted octanol–water partition coefficient (Wildman–Crippen LogP) is -2.04. The Morgan fingerprint density at radius 2 is 2.04 bits per heavy atom. The molecule has 0 aromatic carbocycles. The van der Waals surface area contributed by atoms with Gasteiger partial charge in [-0.2, -0.15) is 8.42 Å². The van der Waals surface area contributed by atoms with Crippen LogP contribution in [0.25, 0.3) is 11.2 Å². The number of phosphoric ester groups is 1. The summed E-state index contributed by atoms with van der Waals surface area (Å²) in [6.07, 6.45) is -3.93. The first-order chi connectivity index (χ1) is 12.5. The molecule has 0 saturated carbocycles. The predicted molar refractivity (Wildman–Crippen MR) is 84.1 cm³/mol. The number of fused-ring (bicyclic) bond motifs is 1. The summed E-state index contributed by atoms with van der Waals surface area (Å²) < 4.78 is 56.7. The Morgan fingerprint density at radius 1 is 1.33 bits per heavy atom. The van der Waals surface area contributed by atoms with Gasteiger partial charge in [0.15, 0.2) is 17.7 Å². The lowest BCUT2D eigenvalue weighted by molar-refractivity contribution is -0.0472. The lowest BCUT2D eigenvalue weighted by Crippen LogP contribution is -2.35. The molecule has 0 radical (unpaired) electrons. The van der Waals surface area contributed by atoms with E-state index in [9.17, 15) is 18.1 Å². The van der Waals surface area contributed by atoms with Crippen LogP contribution in [-0.2, 0) is 28.4 Å². The largest absolute Gasteiger partial charge is 0.470 e. The smallest absolute Gasteiger partial charge is 0.387 e. The highest BCUT2D eigenvalue weighted by molar-refractivity contribution is 7.80. The number of imidazole rings is 1. The van der Waals surface area contributed by atoms with Gasteiger partial charge in [0, 0.05) is 0 Å². The SMILES string of the molecule is Nc1ncnc2c1ncn2[C@@H]1O[C@H](COS(=O)(=O)O)[C@@H](O)[C@H]1OP(=O)(O)O. The van der Waals surface area contributed by atoms with Crippen LogP contribution >= 0.6 is 7.82 Å². The molecule has 0 amide bonds. The Balaban J connectivity index is 1.97. The summed E-state index contributed by atoms with van der Waals surface area (Å²) in [5.74, 6) is 0.0241. The Morgan fingerprint density at radius 3 is 2.67 bits per heavy atom. The van der Waals surface area contributed by atoms with Crippen molar-refractivity contribution in [2.75, 3.05) is 12.3 Å². The van der Waals surface area contributed by atoms with Crippen LogP contribution in [0.4, 0.5) is 5.82 Å². The number of aliphatic hydroxyl groups excluding tert-OH is 1. The van der Waals surface area contributed by atoms with E-state index in [1.165, 1.54) is 4.57 Å². The number of nitrogens with zero attached hydrogens (tertiary/aromatic N) is 4. The molecule has 27 heavy (non-hydrogen) atoms. The summed E-state index contributed by atoms with van der Waals surface area (Å²) >= 11 is 0. The van der Waals surface area contributed by atoms with Gasteiger partial charge < -0.3 is 25.4 Å². The molecule has 2 aromatic rings. The fourth-order valence-corrected chi connectivity index (χ4v) is 3.41. The molecule has 0 aliphatic carbocycles. The normalized spacial score (nSPS) is 26.7. The quantitative estimate of drug-likeness (QED) is 0.247. The summed E-state index contributed by atoms with van der Waals surface area (Å²) in [5, 5.41) is 10.3. The molecule has 1 saturated heterocycles. The van der Waals surface area contributed by atoms with Crippen LogP contribution in [0.5, 0.6) is 0 Å². The highest BCUT2D eigenvalue weighted by Crippen LogP contribution is 2.45. The highest BCUT2D eigenvalue weighted by atomic mass is 32.3. The second-order valence-corrected chi connectivity index (χ2v) is 7.69. The van der Waals surface area contributed by atoms with E-state index in [-0.39, 0.29) is 17.0 Å². The van der Waals surface area contributed by atoms with Crippen LogP contribution in [-0.4, -0.2) is 72.3 Å². The molecule has 1 aliphatic heterocycles. The molecular formula is C10H14N5O10PS. The number of nitrogens with two attached hydrogens (primary N) is 1. The van der Waals surface area contributed by atoms with Crippen molar-refractivity contribution in [3.05, 3.63) is 12.7 Å². The average molecular weight is 427 g/mol. The van der Waals surface area contributed by atoms with E-state index in [1.807, 2.05) is 0 Å². The third kappa shape index (κ3) is 4.40. The lowest BCUT2D eigenvalue weighted by atomic mass is 10.1. The molecule has 6 N–H and O–H groups in total. The minimum absolute atomic E-state index is 0.0241. The maximum Gasteiger partial charge on any atom is 0.470 e. The molecule has 3 heterocycles. The Labute approximate surface area is 150 Å². The van der Waals surface area contributed by atoms with Crippen LogP contribution in [0.2, 0.25) is 0 Å². The number of anilines is 1. The summed E-state index contributed by atoms with van der Waals surface area (Å²) in [6.45, 7) is -0.846. The molecular weight excluding hydrogens is 413 g/mol. The second kappa shape index (κ2) is 7.01. The molecule has 2 aromatic heterocycles. The molecule has 15 nitrogen and oxygen atoms in total. The van der Waals surface area contributed by atoms with Crippen LogP contribution in [0.3, 0.4) is 0 Å². The van der Waals surface area contributed by atoms with Gasteiger partial charge in [-0.15, -0.1) is 0 Å². The fourth-order valence-electron chi connectivity index (χ4n) is 2.56. The fraction of sp³-hybridized carbons (Fsp3) is 0.500. The number of nitrogen functional groups attached to an aromatic ring is 1. The van der Waals surface area contributed by atoms with Gasteiger partial charge in [-0.25, -0.2) is 23.7 Å². The van der Waals surface area contributed by atoms with Gasteiger partial charge in [0.25, 0.3) is 0 Å². The molecule has 1 aliphatic rings. The number of ether oxygens (including phenoxy) is 1. The van der Waals surface area contributed by atoms with Crippen molar-refractivity contribution in [2.45, 2.75) is 24.5 Å². The van der Waals surface area contributed by atoms with E-state index in [2.05, 4.69) is 23.7 Å². The Hall–Kier alpha value is -1.75. The third-order valence-corrected chi connectivity index (χ3v) is 4.57. The standard InChI is InChI=1S/C10H14N5O10PS/c11-8-5-9(13-2-12-8)15(3-14-5)10-7(25-26(17,18)19)6(16)4(24-10)1-23-27(20,21)22/h2-4,6-7,10,16H,1H2,(H2,11,12,13)(H2,17,18,19)(H,20,21,22)/t4-,6-,7-,10-/m1/s1. The van der Waals surface area contributed by atoms with E-state index in [1.54, 1.807) is 0 Å². The summed E-state index contributed by atoms with van der Waals surface area (Å²) in [6, 6.07) is 0. The van der Waals surface area contributed by atoms with Crippen LogP contribution < -0.4 is 5.73 Å². The van der Waals surface area contributed by atoms with E-state index < -0.39 is 49.4 Å². The van der Waals surface area contributed by atoms with Crippen LogP contribution in [0.1, 0.15) is 6.23 Å². The summed E-state index contributed by atoms with van der Waals surface area (Å²) in [4.78, 5) is 29.8. The number of aliphatic hydroxyl groups is 1. The van der Waals surface area contributed by atoms with E-state index in [4.69, 9.17) is 24.8 Å². The maximum absolute atomic E-state index is 11.3. The van der Waals surface area contributed by atoms with Crippen molar-refractivity contribution in [3.63, 3.8) is 0 Å². The van der Waals surface area contributed by atoms with Gasteiger partial charge in [0.05, 0.1) is 12.9 Å². The number of rotatable bonds is 6. The molecule has 0 bridgehead atoms. The molecule has 4 atom stereocenters. The zero-order valence-electron chi connectivity index (χ0n) is 13.1. The van der Waals surface area contributed by atoms with Crippen molar-refractivity contribution < 1.29 is 45.9 Å². The van der Waals surface area contributed by atoms with Crippen LogP contribution in [0.15, 0.2) is 12.7 Å². The number of aromatic nitrogens is 4. The summed E-state index contributed by atoms with van der Waals surface area (Å²) in [7, 11) is -9.92. The van der Waals surface area contributed by atoms with Gasteiger partial charge in [0.2, 0.25) is 0 Å². The van der Waals surface area contributed by atoms with Gasteiger partial charge in [0.1, 0.15) is 30.2 Å².